The highest BCUT2D eigenvalue weighted by Gasteiger charge is 2.59. The lowest BCUT2D eigenvalue weighted by molar-refractivity contribution is -0.236. The normalized spacial score (nSPS) is 23.7. The highest BCUT2D eigenvalue weighted by Crippen LogP contribution is 2.41. The number of aliphatic carboxylic acids is 1. The molecule has 1 fully saturated rings. The Morgan fingerprint density at radius 2 is 1.52 bits per heavy atom. The number of phenolic OH excluding ortho intramolecular Hbond substituents is 4. The molecular formula is C30H35NO13. The van der Waals surface area contributed by atoms with Crippen LogP contribution >= 0.6 is 0 Å². The third-order valence-electron chi connectivity index (χ3n) is 7.20. The number of carboxylic acid groups (broad SMARTS) is 1. The number of phenols is 4. The van der Waals surface area contributed by atoms with E-state index in [0.29, 0.717) is 5.56 Å². The van der Waals surface area contributed by atoms with Gasteiger partial charge in [-0.3, -0.25) is 9.59 Å². The van der Waals surface area contributed by atoms with Crippen molar-refractivity contribution >= 4 is 29.7 Å². The van der Waals surface area contributed by atoms with Crippen molar-refractivity contribution in [2.45, 2.75) is 42.9 Å². The van der Waals surface area contributed by atoms with Crippen molar-refractivity contribution in [3.05, 3.63) is 59.2 Å². The number of carboxylic acids is 1. The standard InChI is InChI=1S/C30H35NO13/c1-31-16-30(44-14-21(34)6-4-18-9-24(37)25(38)10-19(18)12-32)15-29(28(41)42,11-26(39)27(30)40)43-13-20(33)5-2-17-3-7-22(35)23(36)8-17/h2-10,26-27,31-32,35-40H,11-16H2,1H3,(H,41,42)/t26-,27-,29+,30-/m1/s1. The number of ether oxygens (including phenoxy) is 2. The van der Waals surface area contributed by atoms with Crippen molar-refractivity contribution in [3.8, 4) is 23.0 Å². The second kappa shape index (κ2) is 14.4. The highest BCUT2D eigenvalue weighted by atomic mass is 16.5. The maximum atomic E-state index is 12.7. The molecule has 14 nitrogen and oxygen atoms in total. The minimum Gasteiger partial charge on any atom is -0.504 e. The van der Waals surface area contributed by atoms with Crippen molar-refractivity contribution in [2.75, 3.05) is 26.8 Å². The molecule has 3 rings (SSSR count). The number of aliphatic hydroxyl groups excluding tert-OH is 3. The first kappa shape index (κ1) is 34.2. The van der Waals surface area contributed by atoms with Crippen LogP contribution in [0.5, 0.6) is 23.0 Å². The lowest BCUT2D eigenvalue weighted by atomic mass is 9.71. The Morgan fingerprint density at radius 3 is 2.14 bits per heavy atom. The van der Waals surface area contributed by atoms with Crippen LogP contribution in [0.2, 0.25) is 0 Å². The van der Waals surface area contributed by atoms with E-state index >= 15 is 0 Å². The number of aromatic hydroxyl groups is 4. The van der Waals surface area contributed by atoms with Gasteiger partial charge in [0.2, 0.25) is 0 Å². The molecule has 0 radical (unpaired) electrons. The molecule has 0 spiro atoms. The Kier molecular flexibility index (Phi) is 11.2. The number of carbonyl (C=O) groups excluding carboxylic acids is 2. The molecule has 0 aromatic heterocycles. The summed E-state index contributed by atoms with van der Waals surface area (Å²) in [6.07, 6.45) is 0.215. The topological polar surface area (TPSA) is 244 Å². The van der Waals surface area contributed by atoms with E-state index in [0.717, 1.165) is 24.3 Å². The van der Waals surface area contributed by atoms with E-state index < -0.39 is 90.9 Å². The molecule has 1 aliphatic carbocycles. The molecule has 2 aromatic carbocycles. The summed E-state index contributed by atoms with van der Waals surface area (Å²) in [7, 11) is 1.48. The number of hydrogen-bond donors (Lipinski definition) is 9. The van der Waals surface area contributed by atoms with Gasteiger partial charge in [-0.05, 0) is 60.2 Å². The molecule has 1 saturated carbocycles. The third kappa shape index (κ3) is 7.99. The van der Waals surface area contributed by atoms with Gasteiger partial charge >= 0.3 is 5.97 Å². The molecule has 0 amide bonds. The van der Waals surface area contributed by atoms with Gasteiger partial charge in [-0.2, -0.15) is 0 Å². The smallest absolute Gasteiger partial charge is 0.336 e. The SMILES string of the molecule is CNC[C@]1(OCC(=O)C=Cc2cc(O)c(O)cc2CO)C[C@](OCC(=O)C=Cc2ccc(O)c(O)c2)(C(=O)O)C[C@@H](O)[C@H]1O. The van der Waals surface area contributed by atoms with Crippen LogP contribution in [0.1, 0.15) is 29.5 Å². The van der Waals surface area contributed by atoms with Gasteiger partial charge in [0.1, 0.15) is 24.9 Å². The van der Waals surface area contributed by atoms with E-state index in [-0.39, 0.29) is 23.4 Å². The number of carbonyl (C=O) groups is 3. The quantitative estimate of drug-likeness (QED) is 0.102. The van der Waals surface area contributed by atoms with Crippen molar-refractivity contribution in [1.29, 1.82) is 0 Å². The zero-order chi connectivity index (χ0) is 32.7. The minimum atomic E-state index is -2.20. The molecule has 9 N–H and O–H groups in total. The molecule has 2 aromatic rings. The summed E-state index contributed by atoms with van der Waals surface area (Å²) in [5.74, 6) is -4.55. The van der Waals surface area contributed by atoms with E-state index in [1.807, 2.05) is 0 Å². The van der Waals surface area contributed by atoms with E-state index in [4.69, 9.17) is 9.47 Å². The summed E-state index contributed by atoms with van der Waals surface area (Å²) in [6, 6.07) is 6.12. The van der Waals surface area contributed by atoms with Gasteiger partial charge in [0.25, 0.3) is 0 Å². The summed E-state index contributed by atoms with van der Waals surface area (Å²) in [6.45, 7) is -2.14. The van der Waals surface area contributed by atoms with Crippen LogP contribution in [0, 0.1) is 0 Å². The van der Waals surface area contributed by atoms with E-state index in [1.54, 1.807) is 0 Å². The molecule has 4 atom stereocenters. The molecule has 0 aliphatic heterocycles. The molecule has 0 saturated heterocycles. The van der Waals surface area contributed by atoms with Crippen LogP contribution in [-0.2, 0) is 30.5 Å². The molecule has 238 valence electrons. The molecule has 14 heteroatoms. The highest BCUT2D eigenvalue weighted by molar-refractivity contribution is 5.95. The van der Waals surface area contributed by atoms with Gasteiger partial charge in [-0.15, -0.1) is 0 Å². The van der Waals surface area contributed by atoms with Crippen LogP contribution in [0.3, 0.4) is 0 Å². The monoisotopic (exact) mass is 617 g/mol. The molecular weight excluding hydrogens is 582 g/mol. The van der Waals surface area contributed by atoms with Crippen LogP contribution in [0.15, 0.2) is 42.5 Å². The van der Waals surface area contributed by atoms with Gasteiger partial charge in [0, 0.05) is 19.4 Å². The predicted molar refractivity (Wildman–Crippen MR) is 154 cm³/mol. The minimum absolute atomic E-state index is 0.219. The maximum Gasteiger partial charge on any atom is 0.336 e. The fourth-order valence-electron chi connectivity index (χ4n) is 4.91. The molecule has 0 heterocycles. The first-order valence-corrected chi connectivity index (χ1v) is 13.4. The van der Waals surface area contributed by atoms with Crippen LogP contribution in [-0.4, -0.2) is 109 Å². The van der Waals surface area contributed by atoms with Crippen LogP contribution < -0.4 is 5.32 Å². The van der Waals surface area contributed by atoms with Crippen LogP contribution in [0.25, 0.3) is 12.2 Å². The number of hydrogen-bond acceptors (Lipinski definition) is 13. The van der Waals surface area contributed by atoms with E-state index in [1.165, 1.54) is 37.4 Å². The maximum absolute atomic E-state index is 12.7. The van der Waals surface area contributed by atoms with Crippen molar-refractivity contribution < 1.29 is 64.7 Å². The lowest BCUT2D eigenvalue weighted by Gasteiger charge is -2.49. The number of rotatable bonds is 14. The fourth-order valence-corrected chi connectivity index (χ4v) is 4.91. The zero-order valence-electron chi connectivity index (χ0n) is 23.7. The number of likely N-dealkylation sites (N-methyl/N-ethyl adjacent to an activating group) is 1. The Balaban J connectivity index is 1.77. The van der Waals surface area contributed by atoms with Gasteiger partial charge < -0.3 is 55.6 Å². The fraction of sp³-hybridized carbons (Fsp3) is 0.367. The molecule has 0 unspecified atom stereocenters. The second-order valence-corrected chi connectivity index (χ2v) is 10.4. The summed E-state index contributed by atoms with van der Waals surface area (Å²) in [5.41, 5.74) is -3.24. The van der Waals surface area contributed by atoms with Gasteiger partial charge in [-0.1, -0.05) is 18.2 Å². The average Bonchev–Trinajstić information content (AvgIpc) is 2.98. The Labute approximate surface area is 251 Å². The average molecular weight is 618 g/mol. The Hall–Kier alpha value is -4.31. The third-order valence-corrected chi connectivity index (χ3v) is 7.20. The second-order valence-electron chi connectivity index (χ2n) is 10.4. The number of aliphatic hydroxyl groups is 3. The van der Waals surface area contributed by atoms with Gasteiger partial charge in [0.05, 0.1) is 12.7 Å². The molecule has 0 bridgehead atoms. The van der Waals surface area contributed by atoms with Crippen molar-refractivity contribution in [1.82, 2.24) is 5.32 Å². The Morgan fingerprint density at radius 1 is 0.909 bits per heavy atom. The summed E-state index contributed by atoms with van der Waals surface area (Å²) >= 11 is 0. The van der Waals surface area contributed by atoms with Crippen LogP contribution in [0.4, 0.5) is 0 Å². The van der Waals surface area contributed by atoms with E-state index in [9.17, 15) is 55.2 Å². The zero-order valence-corrected chi connectivity index (χ0v) is 23.7. The molecule has 44 heavy (non-hydrogen) atoms. The van der Waals surface area contributed by atoms with E-state index in [2.05, 4.69) is 5.32 Å². The van der Waals surface area contributed by atoms with Gasteiger partial charge in [-0.25, -0.2) is 4.79 Å². The number of ketones is 2. The molecule has 1 aliphatic rings. The lowest BCUT2D eigenvalue weighted by Crippen LogP contribution is -2.67. The van der Waals surface area contributed by atoms with Gasteiger partial charge in [0.15, 0.2) is 40.2 Å². The number of benzene rings is 2. The van der Waals surface area contributed by atoms with Crippen molar-refractivity contribution in [3.63, 3.8) is 0 Å². The van der Waals surface area contributed by atoms with Crippen molar-refractivity contribution in [2.24, 2.45) is 0 Å². The summed E-state index contributed by atoms with van der Waals surface area (Å²) < 4.78 is 11.4. The first-order chi connectivity index (χ1) is 20.8. The summed E-state index contributed by atoms with van der Waals surface area (Å²) in [5, 5.41) is 82.4. The Bertz CT molecular complexity index is 1440. The largest absolute Gasteiger partial charge is 0.504 e. The predicted octanol–water partition coefficient (Wildman–Crippen LogP) is 0.196. The first-order valence-electron chi connectivity index (χ1n) is 13.4. The summed E-state index contributed by atoms with van der Waals surface area (Å²) in [4.78, 5) is 37.7. The number of nitrogens with one attached hydrogen (secondary N) is 1.